The van der Waals surface area contributed by atoms with E-state index in [0.29, 0.717) is 12.5 Å². The van der Waals surface area contributed by atoms with Crippen molar-refractivity contribution in [2.45, 2.75) is 52.0 Å². The van der Waals surface area contributed by atoms with Gasteiger partial charge < -0.3 is 14.8 Å². The third-order valence-corrected chi connectivity index (χ3v) is 5.22. The first kappa shape index (κ1) is 17.0. The van der Waals surface area contributed by atoms with Crippen LogP contribution in [0.4, 0.5) is 0 Å². The van der Waals surface area contributed by atoms with Gasteiger partial charge in [0.2, 0.25) is 11.8 Å². The summed E-state index contributed by atoms with van der Waals surface area (Å²) in [7, 11) is 0. The molecule has 0 spiro atoms. The molecule has 24 heavy (non-hydrogen) atoms. The van der Waals surface area contributed by atoms with Gasteiger partial charge in [0, 0.05) is 25.8 Å². The largest absolute Gasteiger partial charge is 0.356 e. The molecule has 6 nitrogen and oxygen atoms in total. The number of aryl methyl sites for hydroxylation is 1. The number of hydrogen-bond acceptors (Lipinski definition) is 3. The number of nitrogens with one attached hydrogen (secondary N) is 1. The summed E-state index contributed by atoms with van der Waals surface area (Å²) in [6.07, 6.45) is 7.80. The zero-order chi connectivity index (χ0) is 17.3. The van der Waals surface area contributed by atoms with E-state index in [-0.39, 0.29) is 17.7 Å². The van der Waals surface area contributed by atoms with E-state index >= 15 is 0 Å². The van der Waals surface area contributed by atoms with Crippen molar-refractivity contribution in [3.63, 3.8) is 0 Å². The van der Waals surface area contributed by atoms with Gasteiger partial charge in [-0.2, -0.15) is 0 Å². The van der Waals surface area contributed by atoms with Crippen LogP contribution in [0.1, 0.15) is 45.2 Å². The zero-order valence-electron chi connectivity index (χ0n) is 14.9. The number of imidazole rings is 1. The van der Waals surface area contributed by atoms with Crippen LogP contribution in [0.5, 0.6) is 0 Å². The van der Waals surface area contributed by atoms with Gasteiger partial charge in [0.25, 0.3) is 0 Å². The SMILES string of the molecule is Cc1cn(C(C)(C)C(=O)N2CCC[C@H](C(=O)NCC3CC3)C2)cn1. The highest BCUT2D eigenvalue weighted by molar-refractivity contribution is 5.85. The summed E-state index contributed by atoms with van der Waals surface area (Å²) in [5.41, 5.74) is 0.208. The monoisotopic (exact) mass is 332 g/mol. The second kappa shape index (κ2) is 6.57. The smallest absolute Gasteiger partial charge is 0.248 e. The highest BCUT2D eigenvalue weighted by Gasteiger charge is 2.37. The van der Waals surface area contributed by atoms with Gasteiger partial charge in [0.05, 0.1) is 17.9 Å². The van der Waals surface area contributed by atoms with Crippen molar-refractivity contribution in [1.82, 2.24) is 19.8 Å². The van der Waals surface area contributed by atoms with Crippen molar-refractivity contribution in [3.8, 4) is 0 Å². The van der Waals surface area contributed by atoms with E-state index in [1.54, 1.807) is 6.33 Å². The van der Waals surface area contributed by atoms with Crippen LogP contribution in [-0.4, -0.2) is 45.9 Å². The normalized spacial score (nSPS) is 21.6. The quantitative estimate of drug-likeness (QED) is 0.892. The molecule has 2 fully saturated rings. The molecular weight excluding hydrogens is 304 g/mol. The Hall–Kier alpha value is -1.85. The average Bonchev–Trinajstić information content (AvgIpc) is 3.30. The Kier molecular flexibility index (Phi) is 4.65. The second-order valence-electron chi connectivity index (χ2n) is 7.76. The van der Waals surface area contributed by atoms with Crippen LogP contribution in [0.3, 0.4) is 0 Å². The Labute approximate surface area is 143 Å². The first-order chi connectivity index (χ1) is 11.4. The number of carbonyl (C=O) groups is 2. The lowest BCUT2D eigenvalue weighted by molar-refractivity contribution is -0.142. The number of nitrogens with zero attached hydrogens (tertiary/aromatic N) is 3. The third kappa shape index (κ3) is 3.62. The predicted octanol–water partition coefficient (Wildman–Crippen LogP) is 1.69. The van der Waals surface area contributed by atoms with Crippen LogP contribution < -0.4 is 5.32 Å². The number of carbonyl (C=O) groups excluding carboxylic acids is 2. The van der Waals surface area contributed by atoms with Gasteiger partial charge in [-0.05, 0) is 52.4 Å². The van der Waals surface area contributed by atoms with E-state index in [4.69, 9.17) is 0 Å². The summed E-state index contributed by atoms with van der Waals surface area (Å²) in [6, 6.07) is 0. The topological polar surface area (TPSA) is 67.2 Å². The average molecular weight is 332 g/mol. The molecule has 3 rings (SSSR count). The Balaban J connectivity index is 1.62. The van der Waals surface area contributed by atoms with Crippen LogP contribution in [0.2, 0.25) is 0 Å². The molecule has 2 heterocycles. The molecule has 0 bridgehead atoms. The van der Waals surface area contributed by atoms with Gasteiger partial charge in [-0.1, -0.05) is 0 Å². The van der Waals surface area contributed by atoms with Crippen molar-refractivity contribution in [2.24, 2.45) is 11.8 Å². The molecule has 2 amide bonds. The fraction of sp³-hybridized carbons (Fsp3) is 0.722. The minimum Gasteiger partial charge on any atom is -0.356 e. The molecule has 1 aromatic heterocycles. The van der Waals surface area contributed by atoms with E-state index in [1.165, 1.54) is 12.8 Å². The summed E-state index contributed by atoms with van der Waals surface area (Å²) in [6.45, 7) is 7.77. The van der Waals surface area contributed by atoms with E-state index in [2.05, 4.69) is 10.3 Å². The predicted molar refractivity (Wildman–Crippen MR) is 91.3 cm³/mol. The lowest BCUT2D eigenvalue weighted by atomic mass is 9.94. The van der Waals surface area contributed by atoms with Gasteiger partial charge >= 0.3 is 0 Å². The lowest BCUT2D eigenvalue weighted by Crippen LogP contribution is -2.52. The van der Waals surface area contributed by atoms with Gasteiger partial charge in [0.1, 0.15) is 5.54 Å². The Morgan fingerprint density at radius 1 is 1.33 bits per heavy atom. The van der Waals surface area contributed by atoms with Crippen LogP contribution >= 0.6 is 0 Å². The Bertz CT molecular complexity index is 618. The molecule has 1 aliphatic carbocycles. The van der Waals surface area contributed by atoms with Crippen LogP contribution in [0.15, 0.2) is 12.5 Å². The van der Waals surface area contributed by atoms with Gasteiger partial charge in [-0.15, -0.1) is 0 Å². The maximum atomic E-state index is 13.0. The fourth-order valence-electron chi connectivity index (χ4n) is 3.31. The van der Waals surface area contributed by atoms with Gasteiger partial charge in [-0.25, -0.2) is 4.98 Å². The summed E-state index contributed by atoms with van der Waals surface area (Å²) >= 11 is 0. The minimum atomic E-state index is -0.687. The van der Waals surface area contributed by atoms with E-state index < -0.39 is 5.54 Å². The molecule has 1 N–H and O–H groups in total. The van der Waals surface area contributed by atoms with Crippen molar-refractivity contribution >= 4 is 11.8 Å². The summed E-state index contributed by atoms with van der Waals surface area (Å²) < 4.78 is 1.86. The number of aromatic nitrogens is 2. The molecule has 1 atom stereocenters. The second-order valence-corrected chi connectivity index (χ2v) is 7.76. The molecule has 0 unspecified atom stereocenters. The molecule has 6 heteroatoms. The minimum absolute atomic E-state index is 0.0552. The standard InChI is InChI=1S/C18H28N4O2/c1-13-10-22(12-20-13)18(2,3)17(24)21-8-4-5-15(11-21)16(23)19-9-14-6-7-14/h10,12,14-15H,4-9,11H2,1-3H3,(H,19,23)/t15-/m0/s1. The third-order valence-electron chi connectivity index (χ3n) is 5.22. The molecule has 1 aromatic rings. The van der Waals surface area contributed by atoms with Crippen LogP contribution in [0, 0.1) is 18.8 Å². The fourth-order valence-corrected chi connectivity index (χ4v) is 3.31. The number of hydrogen-bond donors (Lipinski definition) is 1. The summed E-state index contributed by atoms with van der Waals surface area (Å²) in [5.74, 6) is 0.760. The molecule has 132 valence electrons. The van der Waals surface area contributed by atoms with Gasteiger partial charge in [0.15, 0.2) is 0 Å². The number of rotatable bonds is 5. The molecular formula is C18H28N4O2. The van der Waals surface area contributed by atoms with Crippen molar-refractivity contribution < 1.29 is 9.59 Å². The molecule has 2 aliphatic rings. The van der Waals surface area contributed by atoms with E-state index in [9.17, 15) is 9.59 Å². The highest BCUT2D eigenvalue weighted by atomic mass is 16.2. The molecule has 1 saturated carbocycles. The molecule has 0 radical (unpaired) electrons. The first-order valence-electron chi connectivity index (χ1n) is 8.96. The lowest BCUT2D eigenvalue weighted by Gasteiger charge is -2.37. The van der Waals surface area contributed by atoms with Crippen molar-refractivity contribution in [1.29, 1.82) is 0 Å². The van der Waals surface area contributed by atoms with Crippen LogP contribution in [-0.2, 0) is 15.1 Å². The summed E-state index contributed by atoms with van der Waals surface area (Å²) in [4.78, 5) is 31.5. The van der Waals surface area contributed by atoms with Crippen molar-refractivity contribution in [3.05, 3.63) is 18.2 Å². The van der Waals surface area contributed by atoms with E-state index in [1.807, 2.05) is 36.4 Å². The number of amides is 2. The zero-order valence-corrected chi connectivity index (χ0v) is 14.9. The highest BCUT2D eigenvalue weighted by Crippen LogP contribution is 2.28. The van der Waals surface area contributed by atoms with Crippen molar-refractivity contribution in [2.75, 3.05) is 19.6 Å². The van der Waals surface area contributed by atoms with Crippen LogP contribution in [0.25, 0.3) is 0 Å². The number of likely N-dealkylation sites (tertiary alicyclic amines) is 1. The van der Waals surface area contributed by atoms with E-state index in [0.717, 1.165) is 31.6 Å². The summed E-state index contributed by atoms with van der Waals surface area (Å²) in [5, 5.41) is 3.06. The maximum absolute atomic E-state index is 13.0. The molecule has 1 saturated heterocycles. The molecule has 1 aliphatic heterocycles. The maximum Gasteiger partial charge on any atom is 0.248 e. The number of piperidine rings is 1. The molecule has 0 aromatic carbocycles. The Morgan fingerprint density at radius 3 is 2.71 bits per heavy atom. The first-order valence-corrected chi connectivity index (χ1v) is 8.96. The van der Waals surface area contributed by atoms with Gasteiger partial charge in [-0.3, -0.25) is 9.59 Å². The Morgan fingerprint density at radius 2 is 2.08 bits per heavy atom.